The minimum absolute atomic E-state index is 0.0181. The number of aliphatic hydroxyl groups excluding tert-OH is 2. The number of rotatable bonds is 5. The van der Waals surface area contributed by atoms with Gasteiger partial charge in [0, 0.05) is 18.2 Å². The van der Waals surface area contributed by atoms with Gasteiger partial charge in [0.15, 0.2) is 0 Å². The first kappa shape index (κ1) is 21.0. The summed E-state index contributed by atoms with van der Waals surface area (Å²) < 4.78 is 26.7. The normalized spacial score (nSPS) is 20.7. The summed E-state index contributed by atoms with van der Waals surface area (Å²) in [6.45, 7) is -0.413. The molecule has 1 saturated heterocycles. The Balaban J connectivity index is 1.71. The summed E-state index contributed by atoms with van der Waals surface area (Å²) >= 11 is 0. The molecule has 3 atom stereocenters. The third kappa shape index (κ3) is 4.02. The van der Waals surface area contributed by atoms with Crippen LogP contribution < -0.4 is 16.0 Å². The molecule has 0 bridgehead atoms. The van der Waals surface area contributed by atoms with Crippen LogP contribution in [0.4, 0.5) is 4.39 Å². The maximum Gasteiger partial charge on any atom is 0.330 e. The molecule has 1 fully saturated rings. The fraction of sp³-hybridized carbons (Fsp3) is 0.273. The molecule has 1 aromatic heterocycles. The van der Waals surface area contributed by atoms with Crippen molar-refractivity contribution in [2.45, 2.75) is 24.9 Å². The van der Waals surface area contributed by atoms with E-state index in [9.17, 15) is 24.2 Å². The molecule has 0 aliphatic carbocycles. The molecule has 0 unspecified atom stereocenters. The molecule has 0 spiro atoms. The lowest BCUT2D eigenvalue weighted by Crippen LogP contribution is -2.33. The molecule has 9 heteroatoms. The summed E-state index contributed by atoms with van der Waals surface area (Å²) in [6, 6.07) is 11.6. The summed E-state index contributed by atoms with van der Waals surface area (Å²) in [5.41, 5.74) is -0.141. The van der Waals surface area contributed by atoms with Crippen molar-refractivity contribution in [2.75, 3.05) is 13.7 Å². The van der Waals surface area contributed by atoms with Crippen LogP contribution in [0, 0.1) is 5.82 Å². The lowest BCUT2D eigenvalue weighted by molar-refractivity contribution is -0.0458. The third-order valence-corrected chi connectivity index (χ3v) is 5.34. The SMILES string of the molecule is COc1ccc(-c2ccc(-c3cn([C@H]4C[C@H](O)[C@@H](CO)O4)c(=O)[nH]c3=O)c(F)c2)cc1. The highest BCUT2D eigenvalue weighted by Gasteiger charge is 2.35. The molecule has 1 aliphatic rings. The van der Waals surface area contributed by atoms with Crippen LogP contribution in [0.1, 0.15) is 12.6 Å². The zero-order valence-corrected chi connectivity index (χ0v) is 16.6. The Bertz CT molecular complexity index is 1200. The maximum atomic E-state index is 15.0. The number of nitrogens with one attached hydrogen (secondary N) is 1. The molecule has 3 N–H and O–H groups in total. The highest BCUT2D eigenvalue weighted by Crippen LogP contribution is 2.30. The number of methoxy groups -OCH3 is 1. The van der Waals surface area contributed by atoms with Crippen LogP contribution in [0.5, 0.6) is 5.75 Å². The van der Waals surface area contributed by atoms with E-state index in [-0.39, 0.29) is 17.5 Å². The molecule has 1 aliphatic heterocycles. The van der Waals surface area contributed by atoms with Crippen LogP contribution in [0.2, 0.25) is 0 Å². The molecule has 31 heavy (non-hydrogen) atoms. The molecule has 2 aromatic carbocycles. The summed E-state index contributed by atoms with van der Waals surface area (Å²) in [5.74, 6) is 0.0435. The predicted octanol–water partition coefficient (Wildman–Crippen LogP) is 1.66. The lowest BCUT2D eigenvalue weighted by Gasteiger charge is -2.15. The van der Waals surface area contributed by atoms with Crippen LogP contribution in [0.3, 0.4) is 0 Å². The molecular weight excluding hydrogens is 407 g/mol. The summed E-state index contributed by atoms with van der Waals surface area (Å²) in [7, 11) is 1.56. The second kappa shape index (κ2) is 8.46. The van der Waals surface area contributed by atoms with Gasteiger partial charge in [-0.25, -0.2) is 9.18 Å². The number of nitrogens with zero attached hydrogens (tertiary/aromatic N) is 1. The molecule has 162 valence electrons. The number of ether oxygens (including phenoxy) is 2. The van der Waals surface area contributed by atoms with Crippen LogP contribution in [0.25, 0.3) is 22.3 Å². The van der Waals surface area contributed by atoms with E-state index < -0.39 is 42.1 Å². The Morgan fingerprint density at radius 2 is 1.87 bits per heavy atom. The Morgan fingerprint density at radius 1 is 1.16 bits per heavy atom. The van der Waals surface area contributed by atoms with Gasteiger partial charge in [0.1, 0.15) is 23.9 Å². The van der Waals surface area contributed by atoms with E-state index in [1.807, 2.05) is 0 Å². The van der Waals surface area contributed by atoms with Gasteiger partial charge in [-0.05, 0) is 29.3 Å². The van der Waals surface area contributed by atoms with Crippen LogP contribution in [0.15, 0.2) is 58.3 Å². The van der Waals surface area contributed by atoms with Gasteiger partial charge in [0.25, 0.3) is 5.56 Å². The highest BCUT2D eigenvalue weighted by molar-refractivity contribution is 5.70. The Morgan fingerprint density at radius 3 is 2.48 bits per heavy atom. The topological polar surface area (TPSA) is 114 Å². The van der Waals surface area contributed by atoms with E-state index in [0.29, 0.717) is 11.3 Å². The summed E-state index contributed by atoms with van der Waals surface area (Å²) in [6.07, 6.45) is -1.43. The third-order valence-electron chi connectivity index (χ3n) is 5.34. The minimum Gasteiger partial charge on any atom is -0.497 e. The first-order chi connectivity index (χ1) is 14.9. The van der Waals surface area contributed by atoms with Gasteiger partial charge < -0.3 is 19.7 Å². The molecule has 0 radical (unpaired) electrons. The molecule has 0 saturated carbocycles. The van der Waals surface area contributed by atoms with Gasteiger partial charge in [-0.2, -0.15) is 0 Å². The maximum absolute atomic E-state index is 15.0. The van der Waals surface area contributed by atoms with Crippen LogP contribution in [-0.2, 0) is 4.74 Å². The van der Waals surface area contributed by atoms with E-state index in [1.165, 1.54) is 18.3 Å². The number of H-pyrrole nitrogens is 1. The number of aromatic nitrogens is 2. The van der Waals surface area contributed by atoms with Gasteiger partial charge in [-0.3, -0.25) is 14.3 Å². The number of hydrogen-bond donors (Lipinski definition) is 3. The van der Waals surface area contributed by atoms with Crippen molar-refractivity contribution >= 4 is 0 Å². The van der Waals surface area contributed by atoms with Crippen molar-refractivity contribution in [2.24, 2.45) is 0 Å². The number of aliphatic hydroxyl groups is 2. The van der Waals surface area contributed by atoms with Crippen molar-refractivity contribution in [3.63, 3.8) is 0 Å². The second-order valence-corrected chi connectivity index (χ2v) is 7.25. The van der Waals surface area contributed by atoms with Gasteiger partial charge in [-0.1, -0.05) is 24.3 Å². The summed E-state index contributed by atoms with van der Waals surface area (Å²) in [5, 5.41) is 19.2. The zero-order chi connectivity index (χ0) is 22.1. The standard InChI is InChI=1S/C22H21FN2O6/c1-30-14-5-2-12(3-6-14)13-4-7-15(17(23)8-13)16-10-25(22(29)24-21(16)28)20-9-18(27)19(11-26)31-20/h2-8,10,18-20,26-27H,9,11H2,1H3,(H,24,28,29)/t18-,19+,20+/m0/s1. The molecule has 2 heterocycles. The predicted molar refractivity (Wildman–Crippen MR) is 110 cm³/mol. The Hall–Kier alpha value is -3.27. The van der Waals surface area contributed by atoms with Crippen LogP contribution >= 0.6 is 0 Å². The van der Waals surface area contributed by atoms with Gasteiger partial charge >= 0.3 is 5.69 Å². The van der Waals surface area contributed by atoms with Crippen molar-refractivity contribution in [1.29, 1.82) is 0 Å². The lowest BCUT2D eigenvalue weighted by atomic mass is 10.0. The molecule has 4 rings (SSSR count). The van der Waals surface area contributed by atoms with Crippen LogP contribution in [-0.4, -0.2) is 45.7 Å². The van der Waals surface area contributed by atoms with E-state index in [1.54, 1.807) is 37.4 Å². The molecule has 0 amide bonds. The number of hydrogen-bond acceptors (Lipinski definition) is 6. The quantitative estimate of drug-likeness (QED) is 0.570. The second-order valence-electron chi connectivity index (χ2n) is 7.25. The molecular formula is C22H21FN2O6. The summed E-state index contributed by atoms with van der Waals surface area (Å²) in [4.78, 5) is 26.8. The van der Waals surface area contributed by atoms with Gasteiger partial charge in [0.2, 0.25) is 0 Å². The average molecular weight is 428 g/mol. The monoisotopic (exact) mass is 428 g/mol. The van der Waals surface area contributed by atoms with E-state index in [4.69, 9.17) is 9.47 Å². The fourth-order valence-corrected chi connectivity index (χ4v) is 3.64. The average Bonchev–Trinajstić information content (AvgIpc) is 3.14. The number of benzene rings is 2. The Kier molecular flexibility index (Phi) is 5.73. The minimum atomic E-state index is -0.960. The zero-order valence-electron chi connectivity index (χ0n) is 16.6. The van der Waals surface area contributed by atoms with E-state index in [0.717, 1.165) is 10.1 Å². The Labute approximate surface area is 176 Å². The first-order valence-electron chi connectivity index (χ1n) is 9.65. The van der Waals surface area contributed by atoms with Crippen molar-refractivity contribution in [3.05, 3.63) is 75.3 Å². The van der Waals surface area contributed by atoms with Crippen molar-refractivity contribution in [1.82, 2.24) is 9.55 Å². The van der Waals surface area contributed by atoms with Gasteiger partial charge in [-0.15, -0.1) is 0 Å². The molecule has 3 aromatic rings. The highest BCUT2D eigenvalue weighted by atomic mass is 19.1. The fourth-order valence-electron chi connectivity index (χ4n) is 3.64. The van der Waals surface area contributed by atoms with Gasteiger partial charge in [0.05, 0.1) is 25.4 Å². The van der Waals surface area contributed by atoms with Crippen molar-refractivity contribution < 1.29 is 24.1 Å². The molecule has 8 nitrogen and oxygen atoms in total. The number of aromatic amines is 1. The van der Waals surface area contributed by atoms with E-state index >= 15 is 0 Å². The smallest absolute Gasteiger partial charge is 0.330 e. The van der Waals surface area contributed by atoms with E-state index in [2.05, 4.69) is 4.98 Å². The number of halogens is 1. The largest absolute Gasteiger partial charge is 0.497 e. The van der Waals surface area contributed by atoms with Crippen molar-refractivity contribution in [3.8, 4) is 28.0 Å². The first-order valence-corrected chi connectivity index (χ1v) is 9.65.